The molecule has 0 aliphatic carbocycles. The number of carbonyl (C=O) groups excluding carboxylic acids is 2. The van der Waals surface area contributed by atoms with Gasteiger partial charge in [0.05, 0.1) is 55.8 Å². The minimum Gasteiger partial charge on any atom is -0.308 e. The van der Waals surface area contributed by atoms with E-state index in [1.54, 1.807) is 18.2 Å². The van der Waals surface area contributed by atoms with Gasteiger partial charge in [-0.1, -0.05) is 74.5 Å². The summed E-state index contributed by atoms with van der Waals surface area (Å²) in [6.45, 7) is 4.00. The first-order valence-corrected chi connectivity index (χ1v) is 17.9. The molecule has 0 unspecified atom stereocenters. The molecule has 1 aromatic heterocycles. The summed E-state index contributed by atoms with van der Waals surface area (Å²) in [5.74, 6) is -1.57. The van der Waals surface area contributed by atoms with E-state index in [0.29, 0.717) is 24.3 Å². The number of halogens is 12. The number of aromatic nitrogens is 1. The molecular weight excluding hydrogens is 816 g/mol. The van der Waals surface area contributed by atoms with Gasteiger partial charge in [0.25, 0.3) is 11.8 Å². The Bertz CT molecular complexity index is 2700. The SMILES string of the molecule is CC.O=C1c2cccc(-n3c4cc(-c5ccc(C(F)(F)F)cc5C(F)(F)F)ccc4c4ccc(-c5ccc(C(F)(F)F)cc5C(F)(F)F)cc43)c2C(=O)N1c1ccccc1. The van der Waals surface area contributed by atoms with Crippen molar-refractivity contribution in [2.45, 2.75) is 38.6 Å². The molecule has 0 atom stereocenters. The molecule has 2 amide bonds. The molecule has 1 aliphatic rings. The van der Waals surface area contributed by atoms with E-state index < -0.39 is 69.9 Å². The zero-order valence-corrected chi connectivity index (χ0v) is 30.8. The number of imide groups is 1. The van der Waals surface area contributed by atoms with Crippen LogP contribution in [0.5, 0.6) is 0 Å². The Morgan fingerprint density at radius 3 is 1.33 bits per heavy atom. The van der Waals surface area contributed by atoms with Crippen LogP contribution in [0.3, 0.4) is 0 Å². The Morgan fingerprint density at radius 2 is 0.900 bits per heavy atom. The highest BCUT2D eigenvalue weighted by molar-refractivity contribution is 6.35. The topological polar surface area (TPSA) is 42.3 Å². The summed E-state index contributed by atoms with van der Waals surface area (Å²) in [4.78, 5) is 28.8. The largest absolute Gasteiger partial charge is 0.417 e. The minimum atomic E-state index is -5.26. The van der Waals surface area contributed by atoms with Crippen LogP contribution >= 0.6 is 0 Å². The van der Waals surface area contributed by atoms with Crippen LogP contribution in [-0.2, 0) is 24.7 Å². The van der Waals surface area contributed by atoms with Crippen molar-refractivity contribution in [3.63, 3.8) is 0 Å². The molecule has 0 saturated heterocycles. The smallest absolute Gasteiger partial charge is 0.308 e. The minimum absolute atomic E-state index is 0.0212. The number of alkyl halides is 12. The second-order valence-corrected chi connectivity index (χ2v) is 13.3. The first kappa shape index (κ1) is 41.6. The number of rotatable bonds is 4. The van der Waals surface area contributed by atoms with Gasteiger partial charge in [-0.3, -0.25) is 9.59 Å². The van der Waals surface area contributed by atoms with Gasteiger partial charge in [-0.25, -0.2) is 4.90 Å². The molecule has 16 heteroatoms. The van der Waals surface area contributed by atoms with Gasteiger partial charge in [-0.05, 0) is 82.9 Å². The third kappa shape index (κ3) is 7.13. The third-order valence-electron chi connectivity index (χ3n) is 9.84. The summed E-state index contributed by atoms with van der Waals surface area (Å²) in [5.41, 5.74) is -8.23. The third-order valence-corrected chi connectivity index (χ3v) is 9.84. The number of carbonyl (C=O) groups is 2. The van der Waals surface area contributed by atoms with Crippen molar-refractivity contribution in [3.8, 4) is 27.9 Å². The Balaban J connectivity index is 0.00000268. The number of para-hydroxylation sites is 1. The molecule has 0 saturated carbocycles. The average molecular weight is 843 g/mol. The molecule has 0 fully saturated rings. The summed E-state index contributed by atoms with van der Waals surface area (Å²) >= 11 is 0. The molecule has 0 bridgehead atoms. The second-order valence-electron chi connectivity index (χ2n) is 13.3. The standard InChI is InChI=1S/C42H20F12N2O2.C2H6/c43-39(44,45)23-11-15-26(31(19-23)41(49,50)51)21-9-13-28-29-14-10-22(27-16-12-24(40(46,47)48)20-32(27)42(52,53)54)18-35(29)56(34(28)17-21)33-8-4-7-30-36(33)38(58)55(37(30)57)25-5-2-1-3-6-25;1-2/h1-20H;1-2H3. The van der Waals surface area contributed by atoms with Crippen LogP contribution in [0.2, 0.25) is 0 Å². The van der Waals surface area contributed by atoms with Gasteiger partial charge in [-0.2, -0.15) is 52.7 Å². The summed E-state index contributed by atoms with van der Waals surface area (Å²) < 4.78 is 169. The van der Waals surface area contributed by atoms with Crippen LogP contribution < -0.4 is 4.90 Å². The molecule has 2 heterocycles. The van der Waals surface area contributed by atoms with Gasteiger partial charge >= 0.3 is 24.7 Å². The molecule has 1 aliphatic heterocycles. The maximum atomic E-state index is 14.4. The number of fused-ring (bicyclic) bond motifs is 4. The van der Waals surface area contributed by atoms with E-state index in [1.807, 2.05) is 13.8 Å². The normalized spacial score (nSPS) is 13.5. The first-order chi connectivity index (χ1) is 28.1. The van der Waals surface area contributed by atoms with E-state index in [-0.39, 0.29) is 67.6 Å². The van der Waals surface area contributed by atoms with Gasteiger partial charge in [0.2, 0.25) is 0 Å². The molecule has 308 valence electrons. The van der Waals surface area contributed by atoms with Crippen LogP contribution in [0, 0.1) is 0 Å². The molecule has 0 N–H and O–H groups in total. The number of benzene rings is 6. The van der Waals surface area contributed by atoms with Crippen LogP contribution in [0.4, 0.5) is 58.4 Å². The lowest BCUT2D eigenvalue weighted by atomic mass is 9.95. The van der Waals surface area contributed by atoms with Crippen molar-refractivity contribution in [3.05, 3.63) is 155 Å². The molecule has 7 aromatic rings. The molecule has 4 nitrogen and oxygen atoms in total. The van der Waals surface area contributed by atoms with Gasteiger partial charge in [0.15, 0.2) is 0 Å². The van der Waals surface area contributed by atoms with Crippen molar-refractivity contribution in [2.75, 3.05) is 4.90 Å². The van der Waals surface area contributed by atoms with E-state index in [9.17, 15) is 62.3 Å². The van der Waals surface area contributed by atoms with Crippen molar-refractivity contribution in [1.82, 2.24) is 4.57 Å². The van der Waals surface area contributed by atoms with Crippen LogP contribution in [0.15, 0.2) is 121 Å². The van der Waals surface area contributed by atoms with Crippen LogP contribution in [-0.4, -0.2) is 16.4 Å². The Kier molecular flexibility index (Phi) is 10.1. The second kappa shape index (κ2) is 14.6. The molecule has 0 radical (unpaired) electrons. The zero-order chi connectivity index (χ0) is 43.7. The maximum Gasteiger partial charge on any atom is 0.417 e. The van der Waals surface area contributed by atoms with E-state index in [1.165, 1.54) is 71.3 Å². The summed E-state index contributed by atoms with van der Waals surface area (Å²) in [6.07, 6.45) is -20.8. The van der Waals surface area contributed by atoms with Gasteiger partial charge in [0, 0.05) is 10.8 Å². The van der Waals surface area contributed by atoms with Gasteiger partial charge in [-0.15, -0.1) is 0 Å². The van der Waals surface area contributed by atoms with E-state index in [4.69, 9.17) is 0 Å². The van der Waals surface area contributed by atoms with Gasteiger partial charge in [0.1, 0.15) is 0 Å². The number of hydrogen-bond acceptors (Lipinski definition) is 2. The van der Waals surface area contributed by atoms with E-state index in [0.717, 1.165) is 4.90 Å². The fraction of sp³-hybridized carbons (Fsp3) is 0.136. The highest BCUT2D eigenvalue weighted by Gasteiger charge is 2.42. The molecular formula is C44H26F12N2O2. The molecule has 60 heavy (non-hydrogen) atoms. The van der Waals surface area contributed by atoms with Crippen molar-refractivity contribution >= 4 is 39.3 Å². The lowest BCUT2D eigenvalue weighted by Crippen LogP contribution is -2.29. The Hall–Kier alpha value is -6.58. The predicted octanol–water partition coefficient (Wildman–Crippen LogP) is 14.0. The molecule has 6 aromatic carbocycles. The molecule has 8 rings (SSSR count). The Labute approximate surface area is 331 Å². The lowest BCUT2D eigenvalue weighted by molar-refractivity contribution is -0.144. The fourth-order valence-electron chi connectivity index (χ4n) is 7.29. The number of nitrogens with zero attached hydrogens (tertiary/aromatic N) is 2. The summed E-state index contributed by atoms with van der Waals surface area (Å²) in [5, 5.41) is 0.507. The average Bonchev–Trinajstić information content (AvgIpc) is 3.66. The summed E-state index contributed by atoms with van der Waals surface area (Å²) in [6, 6.07) is 21.6. The Morgan fingerprint density at radius 1 is 0.433 bits per heavy atom. The lowest BCUT2D eigenvalue weighted by Gasteiger charge is -2.17. The first-order valence-electron chi connectivity index (χ1n) is 17.9. The summed E-state index contributed by atoms with van der Waals surface area (Å²) in [7, 11) is 0. The highest BCUT2D eigenvalue weighted by Crippen LogP contribution is 2.46. The van der Waals surface area contributed by atoms with Crippen LogP contribution in [0.25, 0.3) is 49.7 Å². The molecule has 0 spiro atoms. The predicted molar refractivity (Wildman–Crippen MR) is 201 cm³/mol. The van der Waals surface area contributed by atoms with Crippen molar-refractivity contribution < 1.29 is 62.3 Å². The monoisotopic (exact) mass is 842 g/mol. The quantitative estimate of drug-likeness (QED) is 0.131. The number of amides is 2. The fourth-order valence-corrected chi connectivity index (χ4v) is 7.29. The van der Waals surface area contributed by atoms with Crippen molar-refractivity contribution in [2.24, 2.45) is 0 Å². The number of hydrogen-bond donors (Lipinski definition) is 0. The van der Waals surface area contributed by atoms with Crippen LogP contribution in [0.1, 0.15) is 56.8 Å². The van der Waals surface area contributed by atoms with E-state index in [2.05, 4.69) is 0 Å². The van der Waals surface area contributed by atoms with Crippen molar-refractivity contribution in [1.29, 1.82) is 0 Å². The number of anilines is 1. The highest BCUT2D eigenvalue weighted by atomic mass is 19.4. The zero-order valence-electron chi connectivity index (χ0n) is 30.8. The van der Waals surface area contributed by atoms with Gasteiger partial charge < -0.3 is 4.57 Å². The maximum absolute atomic E-state index is 14.4. The van der Waals surface area contributed by atoms with E-state index >= 15 is 0 Å².